The molecule has 0 radical (unpaired) electrons. The first-order valence-corrected chi connectivity index (χ1v) is 11.9. The van der Waals surface area contributed by atoms with E-state index in [2.05, 4.69) is 51.9 Å². The lowest BCUT2D eigenvalue weighted by Gasteiger charge is -2.11. The number of fused-ring (bicyclic) bond motifs is 1. The summed E-state index contributed by atoms with van der Waals surface area (Å²) in [6.45, 7) is 6.81. The summed E-state index contributed by atoms with van der Waals surface area (Å²) in [4.78, 5) is 7.87. The van der Waals surface area contributed by atoms with Gasteiger partial charge in [0.25, 0.3) is 0 Å². The lowest BCUT2D eigenvalue weighted by Crippen LogP contribution is -2.38. The van der Waals surface area contributed by atoms with E-state index in [-0.39, 0.29) is 12.4 Å². The van der Waals surface area contributed by atoms with E-state index in [1.165, 1.54) is 28.3 Å². The molecule has 0 atom stereocenters. The Balaban J connectivity index is 1.81. The first-order valence-electron chi connectivity index (χ1n) is 9.80. The molecule has 0 aliphatic rings. The molecule has 0 fully saturated rings. The lowest BCUT2D eigenvalue weighted by molar-refractivity contribution is 0.157. The first-order chi connectivity index (χ1) is 13.4. The van der Waals surface area contributed by atoms with E-state index >= 15 is 0 Å². The van der Waals surface area contributed by atoms with E-state index < -0.39 is 9.84 Å². The molecule has 8 heteroatoms. The maximum absolute atomic E-state index is 11.1. The van der Waals surface area contributed by atoms with Gasteiger partial charge in [-0.25, -0.2) is 8.42 Å². The number of aromatic nitrogens is 1. The molecular formula is C20H32N4O3S. The van der Waals surface area contributed by atoms with E-state index in [9.17, 15) is 8.42 Å². The molecule has 156 valence electrons. The molecule has 3 N–H and O–H groups in total. The second-order valence-corrected chi connectivity index (χ2v) is 8.95. The molecule has 0 saturated carbocycles. The van der Waals surface area contributed by atoms with Crippen molar-refractivity contribution in [1.82, 2.24) is 15.6 Å². The highest BCUT2D eigenvalue weighted by Crippen LogP contribution is 2.22. The van der Waals surface area contributed by atoms with Crippen LogP contribution in [0.25, 0.3) is 10.9 Å². The van der Waals surface area contributed by atoms with Crippen LogP contribution in [0.5, 0.6) is 0 Å². The van der Waals surface area contributed by atoms with Gasteiger partial charge >= 0.3 is 0 Å². The monoisotopic (exact) mass is 408 g/mol. The van der Waals surface area contributed by atoms with Gasteiger partial charge < -0.3 is 20.4 Å². The third-order valence-corrected chi connectivity index (χ3v) is 5.31. The van der Waals surface area contributed by atoms with Crippen molar-refractivity contribution in [2.24, 2.45) is 4.99 Å². The number of rotatable bonds is 11. The molecule has 2 aromatic rings. The molecule has 0 amide bonds. The summed E-state index contributed by atoms with van der Waals surface area (Å²) in [5.74, 6) is 0.780. The molecule has 7 nitrogen and oxygen atoms in total. The molecule has 2 rings (SSSR count). The number of sulfone groups is 1. The number of guanidine groups is 1. The van der Waals surface area contributed by atoms with Crippen LogP contribution in [0.15, 0.2) is 29.4 Å². The number of hydrogen-bond acceptors (Lipinski definition) is 4. The van der Waals surface area contributed by atoms with E-state index in [4.69, 9.17) is 4.74 Å². The quantitative estimate of drug-likeness (QED) is 0.300. The number of benzene rings is 1. The Labute approximate surface area is 167 Å². The van der Waals surface area contributed by atoms with Crippen molar-refractivity contribution in [3.63, 3.8) is 0 Å². The summed E-state index contributed by atoms with van der Waals surface area (Å²) in [5.41, 5.74) is 3.85. The Morgan fingerprint density at radius 3 is 2.71 bits per heavy atom. The fraction of sp³-hybridized carbons (Fsp3) is 0.550. The van der Waals surface area contributed by atoms with Crippen LogP contribution in [0, 0.1) is 0 Å². The number of para-hydroxylation sites is 1. The molecule has 0 aliphatic heterocycles. The Kier molecular flexibility index (Phi) is 8.79. The topological polar surface area (TPSA) is 95.6 Å². The highest BCUT2D eigenvalue weighted by atomic mass is 32.2. The van der Waals surface area contributed by atoms with Crippen molar-refractivity contribution in [3.05, 3.63) is 35.5 Å². The number of ether oxygens (including phenoxy) is 1. The summed E-state index contributed by atoms with van der Waals surface area (Å²) in [6, 6.07) is 6.43. The maximum Gasteiger partial charge on any atom is 0.191 e. The maximum atomic E-state index is 11.1. The molecule has 28 heavy (non-hydrogen) atoms. The molecule has 0 saturated heterocycles. The minimum absolute atomic E-state index is 0.0411. The van der Waals surface area contributed by atoms with Gasteiger partial charge in [-0.3, -0.25) is 4.99 Å². The molecule has 0 aliphatic carbocycles. The van der Waals surface area contributed by atoms with Crippen LogP contribution >= 0.6 is 0 Å². The predicted molar refractivity (Wildman–Crippen MR) is 116 cm³/mol. The molecule has 1 heterocycles. The Morgan fingerprint density at radius 2 is 2.00 bits per heavy atom. The van der Waals surface area contributed by atoms with Gasteiger partial charge in [-0.1, -0.05) is 25.1 Å². The van der Waals surface area contributed by atoms with Crippen LogP contribution in [-0.4, -0.2) is 64.2 Å². The van der Waals surface area contributed by atoms with Gasteiger partial charge in [-0.15, -0.1) is 0 Å². The van der Waals surface area contributed by atoms with Gasteiger partial charge in [0.2, 0.25) is 0 Å². The van der Waals surface area contributed by atoms with Crippen LogP contribution in [0.3, 0.4) is 0 Å². The van der Waals surface area contributed by atoms with E-state index in [0.29, 0.717) is 13.2 Å². The zero-order valence-electron chi connectivity index (χ0n) is 17.0. The highest BCUT2D eigenvalue weighted by Gasteiger charge is 2.07. The number of nitrogens with zero attached hydrogens (tertiary/aromatic N) is 1. The summed E-state index contributed by atoms with van der Waals surface area (Å²) >= 11 is 0. The van der Waals surface area contributed by atoms with Crippen LogP contribution in [0.1, 0.15) is 25.0 Å². The summed E-state index contributed by atoms with van der Waals surface area (Å²) in [7, 11) is -2.98. The van der Waals surface area contributed by atoms with Crippen molar-refractivity contribution < 1.29 is 13.2 Å². The number of aromatic amines is 1. The second-order valence-electron chi connectivity index (χ2n) is 6.69. The zero-order valence-corrected chi connectivity index (χ0v) is 17.9. The normalized spacial score (nSPS) is 12.5. The van der Waals surface area contributed by atoms with Gasteiger partial charge in [0.05, 0.1) is 25.5 Å². The number of nitrogens with one attached hydrogen (secondary N) is 3. The van der Waals surface area contributed by atoms with Crippen LogP contribution in [-0.2, 0) is 27.4 Å². The van der Waals surface area contributed by atoms with Crippen LogP contribution in [0.2, 0.25) is 0 Å². The van der Waals surface area contributed by atoms with E-state index in [1.54, 1.807) is 0 Å². The first kappa shape index (κ1) is 22.2. The smallest absolute Gasteiger partial charge is 0.191 e. The molecule has 0 bridgehead atoms. The number of H-pyrrole nitrogens is 1. The van der Waals surface area contributed by atoms with Crippen molar-refractivity contribution in [2.75, 3.05) is 44.9 Å². The summed E-state index contributed by atoms with van der Waals surface area (Å²) in [5, 5.41) is 7.83. The minimum Gasteiger partial charge on any atom is -0.378 e. The summed E-state index contributed by atoms with van der Waals surface area (Å²) in [6.07, 6.45) is 5.20. The van der Waals surface area contributed by atoms with Crippen molar-refractivity contribution in [3.8, 4) is 0 Å². The molecule has 1 aromatic carbocycles. The van der Waals surface area contributed by atoms with Gasteiger partial charge in [-0.2, -0.15) is 0 Å². The van der Waals surface area contributed by atoms with E-state index in [1.807, 2.05) is 6.92 Å². The zero-order chi connectivity index (χ0) is 20.4. The van der Waals surface area contributed by atoms with Gasteiger partial charge in [0.1, 0.15) is 9.84 Å². The van der Waals surface area contributed by atoms with E-state index in [0.717, 1.165) is 31.9 Å². The van der Waals surface area contributed by atoms with Gasteiger partial charge in [0, 0.05) is 36.4 Å². The van der Waals surface area contributed by atoms with Crippen molar-refractivity contribution in [2.45, 2.75) is 26.7 Å². The number of aliphatic imine (C=N–C) groups is 1. The predicted octanol–water partition coefficient (Wildman–Crippen LogP) is 1.89. The average Bonchev–Trinajstić information content (AvgIpc) is 3.07. The molecular weight excluding hydrogens is 376 g/mol. The second kappa shape index (κ2) is 11.1. The lowest BCUT2D eigenvalue weighted by atomic mass is 10.1. The largest absolute Gasteiger partial charge is 0.378 e. The summed E-state index contributed by atoms with van der Waals surface area (Å²) < 4.78 is 27.4. The number of aryl methyl sites for hydroxylation is 1. The fourth-order valence-corrected chi connectivity index (χ4v) is 3.39. The van der Waals surface area contributed by atoms with Crippen molar-refractivity contribution >= 4 is 26.7 Å². The van der Waals surface area contributed by atoms with Crippen LogP contribution < -0.4 is 10.6 Å². The molecule has 0 unspecified atom stereocenters. The third-order valence-electron chi connectivity index (χ3n) is 4.40. The van der Waals surface area contributed by atoms with Gasteiger partial charge in [-0.05, 0) is 30.9 Å². The average molecular weight is 409 g/mol. The highest BCUT2D eigenvalue weighted by molar-refractivity contribution is 7.90. The Morgan fingerprint density at radius 1 is 1.18 bits per heavy atom. The van der Waals surface area contributed by atoms with Gasteiger partial charge in [0.15, 0.2) is 5.96 Å². The minimum atomic E-state index is -2.98. The number of hydrogen-bond donors (Lipinski definition) is 3. The van der Waals surface area contributed by atoms with Crippen LogP contribution in [0.4, 0.5) is 0 Å². The fourth-order valence-electron chi connectivity index (χ4n) is 2.97. The Hall–Kier alpha value is -2.06. The van der Waals surface area contributed by atoms with Crippen molar-refractivity contribution in [1.29, 1.82) is 0 Å². The standard InChI is InChI=1S/C20H32N4O3S/c1-4-16-7-6-8-18-17(15-24-19(16)18)9-10-22-20(21-5-2)23-11-12-27-13-14-28(3,25)26/h6-8,15,24H,4-5,9-14H2,1-3H3,(H2,21,22,23). The Bertz CT molecular complexity index is 875. The molecule has 1 aromatic heterocycles. The SMILES string of the molecule is CCNC(=NCCOCCS(C)(=O)=O)NCCc1c[nH]c2c(CC)cccc12. The molecule has 0 spiro atoms. The third kappa shape index (κ3) is 7.16.